The largest absolute Gasteiger partial charge is 0.343 e. The van der Waals surface area contributed by atoms with Gasteiger partial charge in [0.25, 0.3) is 5.89 Å². The van der Waals surface area contributed by atoms with Crippen molar-refractivity contribution in [3.63, 3.8) is 0 Å². The number of aromatic nitrogens is 4. The van der Waals surface area contributed by atoms with E-state index in [0.717, 1.165) is 5.69 Å². The molecule has 1 aromatic carbocycles. The Kier molecular flexibility index (Phi) is 3.35. The Bertz CT molecular complexity index is 804. The number of benzene rings is 1. The van der Waals surface area contributed by atoms with Crippen LogP contribution in [0.25, 0.3) is 23.5 Å². The van der Waals surface area contributed by atoms with Crippen molar-refractivity contribution in [2.24, 2.45) is 0 Å². The SMILES string of the molecule is Cc1cnc(/C=C/c2nc(-c3ccc(C)c(F)c3)no2)[nH]1. The number of halogens is 1. The van der Waals surface area contributed by atoms with E-state index in [0.29, 0.717) is 28.7 Å². The van der Waals surface area contributed by atoms with Gasteiger partial charge in [-0.2, -0.15) is 4.98 Å². The highest BCUT2D eigenvalue weighted by atomic mass is 19.1. The molecule has 0 radical (unpaired) electrons. The second-order valence-corrected chi connectivity index (χ2v) is 4.70. The van der Waals surface area contributed by atoms with Gasteiger partial charge in [0.15, 0.2) is 0 Å². The Morgan fingerprint density at radius 3 is 2.81 bits per heavy atom. The molecule has 2 aromatic heterocycles. The second-order valence-electron chi connectivity index (χ2n) is 4.70. The van der Waals surface area contributed by atoms with Gasteiger partial charge < -0.3 is 9.51 Å². The van der Waals surface area contributed by atoms with Crippen LogP contribution in [0.2, 0.25) is 0 Å². The lowest BCUT2D eigenvalue weighted by Gasteiger charge is -1.97. The Balaban J connectivity index is 1.82. The van der Waals surface area contributed by atoms with Crippen LogP contribution in [0.15, 0.2) is 28.9 Å². The standard InChI is InChI=1S/C15H13FN4O/c1-9-3-4-11(7-12(9)16)15-19-14(21-20-15)6-5-13-17-8-10(2)18-13/h3-8H,1-2H3,(H,17,18)/b6-5+. The molecule has 6 heteroatoms. The van der Waals surface area contributed by atoms with Crippen LogP contribution in [0, 0.1) is 19.7 Å². The molecular weight excluding hydrogens is 271 g/mol. The minimum Gasteiger partial charge on any atom is -0.343 e. The van der Waals surface area contributed by atoms with Crippen LogP contribution >= 0.6 is 0 Å². The lowest BCUT2D eigenvalue weighted by molar-refractivity contribution is 0.411. The number of H-pyrrole nitrogens is 1. The fourth-order valence-electron chi connectivity index (χ4n) is 1.82. The molecule has 3 aromatic rings. The van der Waals surface area contributed by atoms with Gasteiger partial charge in [-0.1, -0.05) is 17.3 Å². The summed E-state index contributed by atoms with van der Waals surface area (Å²) in [5, 5.41) is 3.84. The van der Waals surface area contributed by atoms with E-state index < -0.39 is 0 Å². The van der Waals surface area contributed by atoms with E-state index in [1.807, 2.05) is 6.92 Å². The maximum absolute atomic E-state index is 13.5. The molecule has 0 amide bonds. The molecular formula is C15H13FN4O. The van der Waals surface area contributed by atoms with E-state index >= 15 is 0 Å². The third-order valence-electron chi connectivity index (χ3n) is 2.98. The van der Waals surface area contributed by atoms with Gasteiger partial charge in [0.2, 0.25) is 5.82 Å². The van der Waals surface area contributed by atoms with Crippen LogP contribution < -0.4 is 0 Å². The molecule has 0 aliphatic carbocycles. The first-order valence-electron chi connectivity index (χ1n) is 6.42. The summed E-state index contributed by atoms with van der Waals surface area (Å²) in [7, 11) is 0. The van der Waals surface area contributed by atoms with Crippen molar-refractivity contribution in [2.75, 3.05) is 0 Å². The van der Waals surface area contributed by atoms with Crippen molar-refractivity contribution in [3.8, 4) is 11.4 Å². The number of rotatable bonds is 3. The molecule has 1 N–H and O–H groups in total. The third-order valence-corrected chi connectivity index (χ3v) is 2.98. The topological polar surface area (TPSA) is 67.6 Å². The van der Waals surface area contributed by atoms with Crippen LogP contribution in [-0.2, 0) is 0 Å². The molecule has 0 aliphatic heterocycles. The van der Waals surface area contributed by atoms with Crippen molar-refractivity contribution in [3.05, 3.63) is 53.2 Å². The van der Waals surface area contributed by atoms with Gasteiger partial charge in [-0.3, -0.25) is 0 Å². The normalized spacial score (nSPS) is 11.4. The van der Waals surface area contributed by atoms with Gasteiger partial charge >= 0.3 is 0 Å². The average Bonchev–Trinajstić information content (AvgIpc) is 3.08. The van der Waals surface area contributed by atoms with Crippen LogP contribution in [0.4, 0.5) is 4.39 Å². The summed E-state index contributed by atoms with van der Waals surface area (Å²) in [5.41, 5.74) is 2.13. The molecule has 0 fully saturated rings. The summed E-state index contributed by atoms with van der Waals surface area (Å²) >= 11 is 0. The molecule has 0 saturated carbocycles. The maximum Gasteiger partial charge on any atom is 0.251 e. The molecule has 0 bridgehead atoms. The van der Waals surface area contributed by atoms with E-state index in [1.54, 1.807) is 37.4 Å². The molecule has 5 nitrogen and oxygen atoms in total. The van der Waals surface area contributed by atoms with Gasteiger partial charge in [-0.05, 0) is 31.6 Å². The van der Waals surface area contributed by atoms with E-state index in [9.17, 15) is 4.39 Å². The van der Waals surface area contributed by atoms with Crippen LogP contribution in [0.3, 0.4) is 0 Å². The summed E-state index contributed by atoms with van der Waals surface area (Å²) in [6.07, 6.45) is 5.12. The second kappa shape index (κ2) is 5.32. The molecule has 2 heterocycles. The molecule has 106 valence electrons. The maximum atomic E-state index is 13.5. The van der Waals surface area contributed by atoms with Crippen molar-refractivity contribution in [1.82, 2.24) is 20.1 Å². The molecule has 0 atom stereocenters. The van der Waals surface area contributed by atoms with Gasteiger partial charge in [0.05, 0.1) is 0 Å². The lowest BCUT2D eigenvalue weighted by atomic mass is 10.1. The lowest BCUT2D eigenvalue weighted by Crippen LogP contribution is -1.86. The quantitative estimate of drug-likeness (QED) is 0.800. The average molecular weight is 284 g/mol. The van der Waals surface area contributed by atoms with Crippen LogP contribution in [0.5, 0.6) is 0 Å². The van der Waals surface area contributed by atoms with E-state index in [1.165, 1.54) is 6.07 Å². The minimum atomic E-state index is -0.291. The number of imidazole rings is 1. The fourth-order valence-corrected chi connectivity index (χ4v) is 1.82. The Hall–Kier alpha value is -2.76. The summed E-state index contributed by atoms with van der Waals surface area (Å²) < 4.78 is 18.6. The van der Waals surface area contributed by atoms with Crippen molar-refractivity contribution < 1.29 is 8.91 Å². The zero-order valence-corrected chi connectivity index (χ0v) is 11.6. The predicted molar refractivity (Wildman–Crippen MR) is 76.7 cm³/mol. The number of hydrogen-bond donors (Lipinski definition) is 1. The summed E-state index contributed by atoms with van der Waals surface area (Å²) in [5.74, 6) is 1.10. The Morgan fingerprint density at radius 2 is 2.10 bits per heavy atom. The number of nitrogens with one attached hydrogen (secondary N) is 1. The monoisotopic (exact) mass is 284 g/mol. The number of hydrogen-bond acceptors (Lipinski definition) is 4. The van der Waals surface area contributed by atoms with E-state index in [4.69, 9.17) is 4.52 Å². The van der Waals surface area contributed by atoms with Crippen molar-refractivity contribution in [1.29, 1.82) is 0 Å². The molecule has 3 rings (SSSR count). The highest BCUT2D eigenvalue weighted by Gasteiger charge is 2.08. The van der Waals surface area contributed by atoms with E-state index in [-0.39, 0.29) is 5.82 Å². The first-order chi connectivity index (χ1) is 10.1. The molecule has 21 heavy (non-hydrogen) atoms. The molecule has 0 unspecified atom stereocenters. The zero-order valence-electron chi connectivity index (χ0n) is 11.6. The highest BCUT2D eigenvalue weighted by molar-refractivity contribution is 5.63. The smallest absolute Gasteiger partial charge is 0.251 e. The summed E-state index contributed by atoms with van der Waals surface area (Å²) in [4.78, 5) is 11.4. The molecule has 0 saturated heterocycles. The van der Waals surface area contributed by atoms with E-state index in [2.05, 4.69) is 20.1 Å². The van der Waals surface area contributed by atoms with Crippen LogP contribution in [-0.4, -0.2) is 20.1 Å². The zero-order chi connectivity index (χ0) is 14.8. The number of aryl methyl sites for hydroxylation is 2. The summed E-state index contributed by atoms with van der Waals surface area (Å²) in [6.45, 7) is 3.62. The first kappa shape index (κ1) is 13.2. The Labute approximate surface area is 120 Å². The summed E-state index contributed by atoms with van der Waals surface area (Å²) in [6, 6.07) is 4.83. The van der Waals surface area contributed by atoms with Gasteiger partial charge in [-0.15, -0.1) is 0 Å². The molecule has 0 spiro atoms. The first-order valence-corrected chi connectivity index (χ1v) is 6.42. The minimum absolute atomic E-state index is 0.291. The van der Waals surface area contributed by atoms with Crippen LogP contribution in [0.1, 0.15) is 23.0 Å². The van der Waals surface area contributed by atoms with Gasteiger partial charge in [0, 0.05) is 23.5 Å². The fraction of sp³-hybridized carbons (Fsp3) is 0.133. The number of nitrogens with zero attached hydrogens (tertiary/aromatic N) is 3. The van der Waals surface area contributed by atoms with Crippen molar-refractivity contribution in [2.45, 2.75) is 13.8 Å². The highest BCUT2D eigenvalue weighted by Crippen LogP contribution is 2.19. The number of aromatic amines is 1. The van der Waals surface area contributed by atoms with Gasteiger partial charge in [-0.25, -0.2) is 9.37 Å². The van der Waals surface area contributed by atoms with Gasteiger partial charge in [0.1, 0.15) is 11.6 Å². The third kappa shape index (κ3) is 2.89. The predicted octanol–water partition coefficient (Wildman–Crippen LogP) is 3.39. The molecule has 0 aliphatic rings. The Morgan fingerprint density at radius 1 is 1.24 bits per heavy atom. The van der Waals surface area contributed by atoms with Crippen molar-refractivity contribution >= 4 is 12.2 Å².